The zero-order valence-corrected chi connectivity index (χ0v) is 15.6. The lowest BCUT2D eigenvalue weighted by molar-refractivity contribution is -0.147. The Morgan fingerprint density at radius 2 is 1.75 bits per heavy atom. The second kappa shape index (κ2) is 9.30. The van der Waals surface area contributed by atoms with Crippen molar-refractivity contribution in [3.63, 3.8) is 0 Å². The summed E-state index contributed by atoms with van der Waals surface area (Å²) >= 11 is 0. The summed E-state index contributed by atoms with van der Waals surface area (Å²) in [6.07, 6.45) is 0.809. The first-order valence-corrected chi connectivity index (χ1v) is 8.38. The maximum absolute atomic E-state index is 12.6. The number of carbonyl (C=O) groups is 2. The number of para-hydroxylation sites is 1. The molecule has 2 atom stereocenters. The predicted molar refractivity (Wildman–Crippen MR) is 94.1 cm³/mol. The van der Waals surface area contributed by atoms with Crippen LogP contribution in [-0.4, -0.2) is 43.1 Å². The average molecular weight is 335 g/mol. The highest BCUT2D eigenvalue weighted by Crippen LogP contribution is 2.22. The fraction of sp³-hybridized carbons (Fsp3) is 0.579. The zero-order chi connectivity index (χ0) is 18.3. The van der Waals surface area contributed by atoms with Crippen molar-refractivity contribution in [1.82, 2.24) is 4.90 Å². The second-order valence-corrected chi connectivity index (χ2v) is 6.24. The van der Waals surface area contributed by atoms with Gasteiger partial charge >= 0.3 is 5.97 Å². The molecule has 5 nitrogen and oxygen atoms in total. The van der Waals surface area contributed by atoms with Gasteiger partial charge in [-0.2, -0.15) is 0 Å². The molecule has 134 valence electrons. The van der Waals surface area contributed by atoms with E-state index in [1.54, 1.807) is 11.8 Å². The van der Waals surface area contributed by atoms with Crippen molar-refractivity contribution in [2.24, 2.45) is 5.92 Å². The number of aryl methyl sites for hydroxylation is 2. The predicted octanol–water partition coefficient (Wildman–Crippen LogP) is 3.12. The molecule has 0 saturated heterocycles. The van der Waals surface area contributed by atoms with Gasteiger partial charge in [0.2, 0.25) is 0 Å². The largest absolute Gasteiger partial charge is 0.483 e. The van der Waals surface area contributed by atoms with Crippen LogP contribution in [0.2, 0.25) is 0 Å². The van der Waals surface area contributed by atoms with Gasteiger partial charge in [0.05, 0.1) is 13.0 Å². The summed E-state index contributed by atoms with van der Waals surface area (Å²) in [5.41, 5.74) is 2.00. The number of hydrogen-bond donors (Lipinski definition) is 0. The molecule has 1 aromatic rings. The van der Waals surface area contributed by atoms with Gasteiger partial charge < -0.3 is 14.4 Å². The van der Waals surface area contributed by atoms with Gasteiger partial charge in [-0.05, 0) is 38.3 Å². The van der Waals surface area contributed by atoms with E-state index in [1.165, 1.54) is 7.11 Å². The number of hydrogen-bond acceptors (Lipinski definition) is 4. The summed E-state index contributed by atoms with van der Waals surface area (Å²) in [7, 11) is 1.36. The van der Waals surface area contributed by atoms with E-state index in [0.717, 1.165) is 23.3 Å². The van der Waals surface area contributed by atoms with Crippen molar-refractivity contribution in [2.45, 2.75) is 47.1 Å². The Balaban J connectivity index is 2.80. The van der Waals surface area contributed by atoms with E-state index in [4.69, 9.17) is 9.47 Å². The lowest BCUT2D eigenvalue weighted by Crippen LogP contribution is -2.45. The standard InChI is InChI=1S/C19H29NO4/c1-7-16(5)20(11-15(4)19(22)23-6)17(21)12-24-18-13(2)9-8-10-14(18)3/h8-10,15-16H,7,11-12H2,1-6H3. The summed E-state index contributed by atoms with van der Waals surface area (Å²) in [4.78, 5) is 26.0. The summed E-state index contributed by atoms with van der Waals surface area (Å²) < 4.78 is 10.5. The molecular weight excluding hydrogens is 306 g/mol. The van der Waals surface area contributed by atoms with Crippen LogP contribution in [0, 0.1) is 19.8 Å². The molecule has 24 heavy (non-hydrogen) atoms. The van der Waals surface area contributed by atoms with E-state index in [0.29, 0.717) is 6.54 Å². The van der Waals surface area contributed by atoms with Crippen LogP contribution in [0.1, 0.15) is 38.3 Å². The van der Waals surface area contributed by atoms with E-state index in [1.807, 2.05) is 45.9 Å². The third kappa shape index (κ3) is 5.25. The van der Waals surface area contributed by atoms with Crippen LogP contribution >= 0.6 is 0 Å². The third-order valence-corrected chi connectivity index (χ3v) is 4.27. The zero-order valence-electron chi connectivity index (χ0n) is 15.6. The highest BCUT2D eigenvalue weighted by atomic mass is 16.5. The van der Waals surface area contributed by atoms with Crippen molar-refractivity contribution in [2.75, 3.05) is 20.3 Å². The van der Waals surface area contributed by atoms with E-state index < -0.39 is 0 Å². The molecule has 0 fully saturated rings. The molecule has 2 unspecified atom stereocenters. The molecule has 0 aliphatic rings. The van der Waals surface area contributed by atoms with Crippen LogP contribution in [0.3, 0.4) is 0 Å². The quantitative estimate of drug-likeness (QED) is 0.685. The molecule has 0 aliphatic carbocycles. The monoisotopic (exact) mass is 335 g/mol. The summed E-state index contributed by atoms with van der Waals surface area (Å²) in [6, 6.07) is 5.91. The smallest absolute Gasteiger partial charge is 0.310 e. The second-order valence-electron chi connectivity index (χ2n) is 6.24. The summed E-state index contributed by atoms with van der Waals surface area (Å²) in [5.74, 6) is -0.0568. The number of esters is 1. The van der Waals surface area contributed by atoms with Crippen LogP contribution in [-0.2, 0) is 14.3 Å². The Labute approximate surface area is 144 Å². The molecule has 1 aromatic carbocycles. The minimum atomic E-state index is -0.367. The Hall–Kier alpha value is -2.04. The van der Waals surface area contributed by atoms with E-state index in [-0.39, 0.29) is 30.4 Å². The number of amides is 1. The first-order valence-electron chi connectivity index (χ1n) is 8.38. The van der Waals surface area contributed by atoms with Gasteiger partial charge in [0.15, 0.2) is 6.61 Å². The maximum atomic E-state index is 12.6. The molecule has 0 heterocycles. The van der Waals surface area contributed by atoms with Gasteiger partial charge in [-0.15, -0.1) is 0 Å². The van der Waals surface area contributed by atoms with Crippen molar-refractivity contribution in [3.05, 3.63) is 29.3 Å². The lowest BCUT2D eigenvalue weighted by Gasteiger charge is -2.30. The summed E-state index contributed by atoms with van der Waals surface area (Å²) in [6.45, 7) is 9.96. The molecule has 5 heteroatoms. The molecule has 1 amide bonds. The number of benzene rings is 1. The van der Waals surface area contributed by atoms with Gasteiger partial charge in [0.25, 0.3) is 5.91 Å². The van der Waals surface area contributed by atoms with Gasteiger partial charge in [-0.25, -0.2) is 0 Å². The maximum Gasteiger partial charge on any atom is 0.310 e. The number of methoxy groups -OCH3 is 1. The Morgan fingerprint density at radius 3 is 2.25 bits per heavy atom. The number of carbonyl (C=O) groups excluding carboxylic acids is 2. The number of rotatable bonds is 8. The normalized spacial score (nSPS) is 13.1. The SMILES string of the molecule is CCC(C)N(CC(C)C(=O)OC)C(=O)COc1c(C)cccc1C. The molecule has 1 rings (SSSR count). The van der Waals surface area contributed by atoms with Crippen molar-refractivity contribution >= 4 is 11.9 Å². The van der Waals surface area contributed by atoms with Gasteiger partial charge in [-0.3, -0.25) is 9.59 Å². The average Bonchev–Trinajstić information content (AvgIpc) is 2.57. The molecular formula is C19H29NO4. The molecule has 0 spiro atoms. The Morgan fingerprint density at radius 1 is 1.17 bits per heavy atom. The van der Waals surface area contributed by atoms with Crippen LogP contribution in [0.15, 0.2) is 18.2 Å². The van der Waals surface area contributed by atoms with E-state index in [9.17, 15) is 9.59 Å². The van der Waals surface area contributed by atoms with Crippen molar-refractivity contribution in [1.29, 1.82) is 0 Å². The van der Waals surface area contributed by atoms with Crippen LogP contribution < -0.4 is 4.74 Å². The molecule has 0 bridgehead atoms. The van der Waals surface area contributed by atoms with Crippen LogP contribution in [0.5, 0.6) is 5.75 Å². The number of ether oxygens (including phenoxy) is 2. The molecule has 0 saturated carbocycles. The highest BCUT2D eigenvalue weighted by molar-refractivity contribution is 5.79. The van der Waals surface area contributed by atoms with Gasteiger partial charge in [0.1, 0.15) is 5.75 Å². The van der Waals surface area contributed by atoms with Crippen LogP contribution in [0.25, 0.3) is 0 Å². The van der Waals surface area contributed by atoms with E-state index >= 15 is 0 Å². The lowest BCUT2D eigenvalue weighted by atomic mass is 10.1. The first-order chi connectivity index (χ1) is 11.3. The topological polar surface area (TPSA) is 55.8 Å². The minimum Gasteiger partial charge on any atom is -0.483 e. The molecule has 0 N–H and O–H groups in total. The number of nitrogens with zero attached hydrogens (tertiary/aromatic N) is 1. The molecule has 0 radical (unpaired) electrons. The molecule has 0 aliphatic heterocycles. The molecule has 0 aromatic heterocycles. The Bertz CT molecular complexity index is 550. The fourth-order valence-corrected chi connectivity index (χ4v) is 2.56. The van der Waals surface area contributed by atoms with E-state index in [2.05, 4.69) is 0 Å². The third-order valence-electron chi connectivity index (χ3n) is 4.27. The van der Waals surface area contributed by atoms with Gasteiger partial charge in [0, 0.05) is 12.6 Å². The van der Waals surface area contributed by atoms with Gasteiger partial charge in [-0.1, -0.05) is 32.0 Å². The van der Waals surface area contributed by atoms with Crippen LogP contribution in [0.4, 0.5) is 0 Å². The minimum absolute atomic E-state index is 0.0335. The summed E-state index contributed by atoms with van der Waals surface area (Å²) in [5, 5.41) is 0. The fourth-order valence-electron chi connectivity index (χ4n) is 2.56. The van der Waals surface area contributed by atoms with Crippen molar-refractivity contribution < 1.29 is 19.1 Å². The van der Waals surface area contributed by atoms with Crippen molar-refractivity contribution in [3.8, 4) is 5.75 Å². The highest BCUT2D eigenvalue weighted by Gasteiger charge is 2.25. The first kappa shape index (κ1) is 20.0. The Kier molecular flexibility index (Phi) is 7.75.